The van der Waals surface area contributed by atoms with Crippen LogP contribution < -0.4 is 10.2 Å². The van der Waals surface area contributed by atoms with Gasteiger partial charge in [-0.25, -0.2) is 9.37 Å². The van der Waals surface area contributed by atoms with E-state index >= 15 is 0 Å². The van der Waals surface area contributed by atoms with Crippen molar-refractivity contribution < 1.29 is 4.39 Å². The number of nitrogens with one attached hydrogen (secondary N) is 1. The summed E-state index contributed by atoms with van der Waals surface area (Å²) >= 11 is 1.60. The number of benzene rings is 1. The molecule has 0 bridgehead atoms. The summed E-state index contributed by atoms with van der Waals surface area (Å²) in [6, 6.07) is 6.42. The molecule has 0 aliphatic carbocycles. The van der Waals surface area contributed by atoms with Gasteiger partial charge in [0, 0.05) is 24.2 Å². The van der Waals surface area contributed by atoms with Gasteiger partial charge in [0.2, 0.25) is 11.9 Å². The van der Waals surface area contributed by atoms with Gasteiger partial charge in [0.25, 0.3) is 0 Å². The standard InChI is InChI=1S/C21H23FN6S/c1-14(2)17-13-23-21(29-17)27-19-24-18(9-8-15-6-5-7-16(22)12-15)25-20(26-19)28-10-3-4-11-28/h5-9,12-14H,3-4,10-11H2,1-2H3,(H,23,24,25,26,27)/b9-8+. The van der Waals surface area contributed by atoms with Gasteiger partial charge >= 0.3 is 0 Å². The number of rotatable bonds is 6. The monoisotopic (exact) mass is 410 g/mol. The molecule has 1 saturated heterocycles. The summed E-state index contributed by atoms with van der Waals surface area (Å²) in [5.74, 6) is 1.79. The average molecular weight is 411 g/mol. The molecule has 1 N–H and O–H groups in total. The molecule has 6 nitrogen and oxygen atoms in total. The van der Waals surface area contributed by atoms with Gasteiger partial charge in [-0.3, -0.25) is 5.32 Å². The predicted octanol–water partition coefficient (Wildman–Crippen LogP) is 5.10. The number of anilines is 3. The first-order valence-corrected chi connectivity index (χ1v) is 10.6. The Morgan fingerprint density at radius 1 is 1.14 bits per heavy atom. The molecule has 4 rings (SSSR count). The summed E-state index contributed by atoms with van der Waals surface area (Å²) in [4.78, 5) is 21.5. The molecule has 29 heavy (non-hydrogen) atoms. The first kappa shape index (κ1) is 19.4. The minimum Gasteiger partial charge on any atom is -0.341 e. The third kappa shape index (κ3) is 4.95. The van der Waals surface area contributed by atoms with Crippen molar-refractivity contribution in [3.63, 3.8) is 0 Å². The van der Waals surface area contributed by atoms with Gasteiger partial charge < -0.3 is 4.90 Å². The Morgan fingerprint density at radius 3 is 2.69 bits per heavy atom. The molecule has 1 fully saturated rings. The van der Waals surface area contributed by atoms with Crippen molar-refractivity contribution in [2.45, 2.75) is 32.6 Å². The Labute approximate surface area is 173 Å². The van der Waals surface area contributed by atoms with E-state index in [2.05, 4.69) is 44.0 Å². The molecule has 1 aliphatic heterocycles. The van der Waals surface area contributed by atoms with Crippen LogP contribution in [0, 0.1) is 5.82 Å². The van der Waals surface area contributed by atoms with Gasteiger partial charge in [-0.15, -0.1) is 11.3 Å². The van der Waals surface area contributed by atoms with Gasteiger partial charge in [-0.1, -0.05) is 32.1 Å². The van der Waals surface area contributed by atoms with Crippen LogP contribution in [0.3, 0.4) is 0 Å². The third-order valence-electron chi connectivity index (χ3n) is 4.61. The first-order valence-electron chi connectivity index (χ1n) is 9.74. The summed E-state index contributed by atoms with van der Waals surface area (Å²) in [6.07, 6.45) is 7.73. The second-order valence-corrected chi connectivity index (χ2v) is 8.31. The normalized spacial score (nSPS) is 14.3. The molecule has 2 aromatic heterocycles. The van der Waals surface area contributed by atoms with E-state index in [-0.39, 0.29) is 5.82 Å². The number of thiazole rings is 1. The van der Waals surface area contributed by atoms with E-state index in [1.807, 2.05) is 12.3 Å². The summed E-state index contributed by atoms with van der Waals surface area (Å²) in [5, 5.41) is 3.97. The van der Waals surface area contributed by atoms with Crippen LogP contribution in [-0.2, 0) is 0 Å². The summed E-state index contributed by atoms with van der Waals surface area (Å²) < 4.78 is 13.4. The van der Waals surface area contributed by atoms with Gasteiger partial charge in [0.05, 0.1) is 0 Å². The molecule has 8 heteroatoms. The fourth-order valence-electron chi connectivity index (χ4n) is 3.06. The SMILES string of the molecule is CC(C)c1cnc(Nc2nc(/C=C/c3cccc(F)c3)nc(N3CCCC3)n2)s1. The fourth-order valence-corrected chi connectivity index (χ4v) is 3.87. The second kappa shape index (κ2) is 8.65. The minimum absolute atomic E-state index is 0.271. The van der Waals surface area contributed by atoms with E-state index in [1.165, 1.54) is 17.0 Å². The molecule has 0 spiro atoms. The van der Waals surface area contributed by atoms with Crippen molar-refractivity contribution in [2.75, 3.05) is 23.3 Å². The fraction of sp³-hybridized carbons (Fsp3) is 0.333. The van der Waals surface area contributed by atoms with Crippen LogP contribution in [0.5, 0.6) is 0 Å². The quantitative estimate of drug-likeness (QED) is 0.609. The molecular formula is C21H23FN6S. The van der Waals surface area contributed by atoms with Crippen molar-refractivity contribution in [1.82, 2.24) is 19.9 Å². The highest BCUT2D eigenvalue weighted by Gasteiger charge is 2.17. The van der Waals surface area contributed by atoms with Crippen LogP contribution in [0.1, 0.15) is 48.9 Å². The van der Waals surface area contributed by atoms with Crippen LogP contribution in [-0.4, -0.2) is 33.0 Å². The zero-order valence-corrected chi connectivity index (χ0v) is 17.3. The summed E-state index contributed by atoms with van der Waals surface area (Å²) in [6.45, 7) is 6.15. The lowest BCUT2D eigenvalue weighted by atomic mass is 10.2. The maximum Gasteiger partial charge on any atom is 0.234 e. The van der Waals surface area contributed by atoms with Crippen LogP contribution >= 0.6 is 11.3 Å². The smallest absolute Gasteiger partial charge is 0.234 e. The van der Waals surface area contributed by atoms with E-state index in [9.17, 15) is 4.39 Å². The van der Waals surface area contributed by atoms with Crippen molar-refractivity contribution >= 4 is 40.5 Å². The van der Waals surface area contributed by atoms with E-state index in [1.54, 1.807) is 29.6 Å². The van der Waals surface area contributed by atoms with Gasteiger partial charge in [-0.05, 0) is 42.5 Å². The van der Waals surface area contributed by atoms with Crippen molar-refractivity contribution in [3.8, 4) is 0 Å². The Kier molecular flexibility index (Phi) is 5.80. The molecule has 0 saturated carbocycles. The number of hydrogen-bond acceptors (Lipinski definition) is 7. The lowest BCUT2D eigenvalue weighted by molar-refractivity contribution is 0.627. The Hall–Kier alpha value is -2.87. The van der Waals surface area contributed by atoms with Gasteiger partial charge in [0.15, 0.2) is 11.0 Å². The largest absolute Gasteiger partial charge is 0.341 e. The summed E-state index contributed by atoms with van der Waals surface area (Å²) in [7, 11) is 0. The number of nitrogens with zero attached hydrogens (tertiary/aromatic N) is 5. The third-order valence-corrected chi connectivity index (χ3v) is 5.83. The molecule has 0 atom stereocenters. The Bertz CT molecular complexity index is 1010. The van der Waals surface area contributed by atoms with Crippen LogP contribution in [0.4, 0.5) is 21.4 Å². The highest BCUT2D eigenvalue weighted by Crippen LogP contribution is 2.27. The van der Waals surface area contributed by atoms with Crippen LogP contribution in [0.15, 0.2) is 30.5 Å². The average Bonchev–Trinajstić information content (AvgIpc) is 3.38. The number of aromatic nitrogens is 4. The molecule has 3 aromatic rings. The van der Waals surface area contributed by atoms with Crippen LogP contribution in [0.2, 0.25) is 0 Å². The Balaban J connectivity index is 1.62. The van der Waals surface area contributed by atoms with Gasteiger partial charge in [-0.2, -0.15) is 15.0 Å². The van der Waals surface area contributed by atoms with Crippen molar-refractivity contribution in [2.24, 2.45) is 0 Å². The molecule has 0 radical (unpaired) electrons. The first-order chi connectivity index (χ1) is 14.1. The number of hydrogen-bond donors (Lipinski definition) is 1. The zero-order valence-electron chi connectivity index (χ0n) is 16.5. The highest BCUT2D eigenvalue weighted by atomic mass is 32.1. The number of halogens is 1. The van der Waals surface area contributed by atoms with E-state index < -0.39 is 0 Å². The maximum atomic E-state index is 13.4. The van der Waals surface area contributed by atoms with Crippen molar-refractivity contribution in [3.05, 3.63) is 52.5 Å². The van der Waals surface area contributed by atoms with E-state index in [0.29, 0.717) is 23.6 Å². The van der Waals surface area contributed by atoms with E-state index in [4.69, 9.17) is 0 Å². The highest BCUT2D eigenvalue weighted by molar-refractivity contribution is 7.15. The molecule has 150 valence electrons. The van der Waals surface area contributed by atoms with Crippen molar-refractivity contribution in [1.29, 1.82) is 0 Å². The molecule has 1 aliphatic rings. The second-order valence-electron chi connectivity index (χ2n) is 7.25. The van der Waals surface area contributed by atoms with E-state index in [0.717, 1.165) is 36.6 Å². The topological polar surface area (TPSA) is 66.8 Å². The summed E-state index contributed by atoms with van der Waals surface area (Å²) in [5.41, 5.74) is 0.754. The lowest BCUT2D eigenvalue weighted by Gasteiger charge is -2.16. The molecule has 0 amide bonds. The Morgan fingerprint density at radius 2 is 1.97 bits per heavy atom. The predicted molar refractivity (Wildman–Crippen MR) is 116 cm³/mol. The maximum absolute atomic E-state index is 13.4. The molecular weight excluding hydrogens is 387 g/mol. The molecule has 1 aromatic carbocycles. The lowest BCUT2D eigenvalue weighted by Crippen LogP contribution is -2.21. The van der Waals surface area contributed by atoms with Crippen LogP contribution in [0.25, 0.3) is 12.2 Å². The van der Waals surface area contributed by atoms with Gasteiger partial charge in [0.1, 0.15) is 5.82 Å². The molecule has 0 unspecified atom stereocenters. The molecule has 3 heterocycles. The minimum atomic E-state index is -0.271. The zero-order chi connectivity index (χ0) is 20.2.